The highest BCUT2D eigenvalue weighted by atomic mass is 79.9. The Kier molecular flexibility index (Phi) is 6.72. The molecule has 0 bridgehead atoms. The lowest BCUT2D eigenvalue weighted by Gasteiger charge is -2.13. The SMILES string of the molecule is CCS(=O)(=O)c1cnc(NC(=O)C(F)(F)F)c(NC(=O)CCBr)c1. The number of nitrogens with zero attached hydrogens (tertiary/aromatic N) is 1. The molecule has 0 aromatic carbocycles. The van der Waals surface area contributed by atoms with Gasteiger partial charge in [0, 0.05) is 17.9 Å². The third kappa shape index (κ3) is 5.44. The van der Waals surface area contributed by atoms with E-state index in [1.165, 1.54) is 12.2 Å². The zero-order valence-corrected chi connectivity index (χ0v) is 14.7. The summed E-state index contributed by atoms with van der Waals surface area (Å²) in [6, 6.07) is 0.948. The van der Waals surface area contributed by atoms with Gasteiger partial charge in [-0.15, -0.1) is 0 Å². The Bertz CT molecular complexity index is 738. The van der Waals surface area contributed by atoms with Crippen LogP contribution in [0.25, 0.3) is 0 Å². The molecule has 2 amide bonds. The molecule has 1 aromatic rings. The fourth-order valence-electron chi connectivity index (χ4n) is 1.45. The third-order valence-corrected chi connectivity index (χ3v) is 4.78. The predicted molar refractivity (Wildman–Crippen MR) is 83.7 cm³/mol. The van der Waals surface area contributed by atoms with E-state index < -0.39 is 33.6 Å². The lowest BCUT2D eigenvalue weighted by atomic mass is 10.3. The second kappa shape index (κ2) is 7.92. The molecule has 0 saturated carbocycles. The first-order valence-electron chi connectivity index (χ1n) is 6.48. The van der Waals surface area contributed by atoms with Crippen molar-refractivity contribution in [1.29, 1.82) is 0 Å². The molecule has 0 saturated heterocycles. The van der Waals surface area contributed by atoms with Crippen LogP contribution in [0.15, 0.2) is 17.2 Å². The number of amides is 2. The van der Waals surface area contributed by atoms with E-state index in [-0.39, 0.29) is 28.1 Å². The van der Waals surface area contributed by atoms with Crippen molar-refractivity contribution >= 4 is 49.1 Å². The molecule has 1 aromatic heterocycles. The van der Waals surface area contributed by atoms with E-state index in [1.807, 2.05) is 0 Å². The van der Waals surface area contributed by atoms with Gasteiger partial charge in [-0.2, -0.15) is 13.2 Å². The van der Waals surface area contributed by atoms with Gasteiger partial charge in [0.2, 0.25) is 5.91 Å². The molecule has 12 heteroatoms. The van der Waals surface area contributed by atoms with Crippen LogP contribution in [-0.4, -0.2) is 42.5 Å². The van der Waals surface area contributed by atoms with E-state index in [0.29, 0.717) is 0 Å². The Morgan fingerprint density at radius 3 is 2.42 bits per heavy atom. The second-order valence-electron chi connectivity index (χ2n) is 4.41. The maximum atomic E-state index is 12.3. The Balaban J connectivity index is 3.27. The van der Waals surface area contributed by atoms with Gasteiger partial charge in [0.15, 0.2) is 15.7 Å². The minimum Gasteiger partial charge on any atom is -0.323 e. The minimum atomic E-state index is -5.16. The van der Waals surface area contributed by atoms with Crippen molar-refractivity contribution in [2.75, 3.05) is 21.7 Å². The number of aromatic nitrogens is 1. The van der Waals surface area contributed by atoms with E-state index in [9.17, 15) is 31.2 Å². The van der Waals surface area contributed by atoms with E-state index in [2.05, 4.69) is 26.2 Å². The molecule has 0 atom stereocenters. The molecule has 1 heterocycles. The first-order valence-corrected chi connectivity index (χ1v) is 9.25. The molecule has 7 nitrogen and oxygen atoms in total. The summed E-state index contributed by atoms with van der Waals surface area (Å²) in [5, 5.41) is 4.01. The van der Waals surface area contributed by atoms with E-state index in [0.717, 1.165) is 12.3 Å². The number of hydrogen-bond acceptors (Lipinski definition) is 5. The first kappa shape index (κ1) is 20.4. The Labute approximate surface area is 144 Å². The largest absolute Gasteiger partial charge is 0.471 e. The molecule has 0 aliphatic heterocycles. The predicted octanol–water partition coefficient (Wildman–Crippen LogP) is 2.10. The monoisotopic (exact) mass is 431 g/mol. The summed E-state index contributed by atoms with van der Waals surface area (Å²) in [4.78, 5) is 25.9. The summed E-state index contributed by atoms with van der Waals surface area (Å²) in [7, 11) is -3.70. The third-order valence-electron chi connectivity index (χ3n) is 2.69. The average molecular weight is 432 g/mol. The number of halogens is 4. The van der Waals surface area contributed by atoms with Gasteiger partial charge in [-0.3, -0.25) is 9.59 Å². The molecule has 24 heavy (non-hydrogen) atoms. The van der Waals surface area contributed by atoms with Crippen LogP contribution in [0.2, 0.25) is 0 Å². The maximum Gasteiger partial charge on any atom is 0.471 e. The van der Waals surface area contributed by atoms with Crippen molar-refractivity contribution in [3.05, 3.63) is 12.3 Å². The van der Waals surface area contributed by atoms with Gasteiger partial charge in [-0.1, -0.05) is 22.9 Å². The molecule has 0 spiro atoms. The van der Waals surface area contributed by atoms with Gasteiger partial charge in [0.05, 0.1) is 16.3 Å². The first-order chi connectivity index (χ1) is 11.0. The molecule has 0 fully saturated rings. The Hall–Kier alpha value is -1.69. The molecule has 1 rings (SSSR count). The van der Waals surface area contributed by atoms with Gasteiger partial charge < -0.3 is 10.6 Å². The van der Waals surface area contributed by atoms with Crippen molar-refractivity contribution < 1.29 is 31.2 Å². The molecular formula is C12H13BrF3N3O4S. The van der Waals surface area contributed by atoms with E-state index in [4.69, 9.17) is 0 Å². The molecule has 0 unspecified atom stereocenters. The minimum absolute atomic E-state index is 0.0165. The van der Waals surface area contributed by atoms with Crippen LogP contribution in [0, 0.1) is 0 Å². The fourth-order valence-corrected chi connectivity index (χ4v) is 2.66. The number of anilines is 2. The quantitative estimate of drug-likeness (QED) is 0.670. The number of nitrogens with one attached hydrogen (secondary N) is 2. The number of carbonyl (C=O) groups excluding carboxylic acids is 2. The van der Waals surface area contributed by atoms with Crippen molar-refractivity contribution in [2.45, 2.75) is 24.4 Å². The number of rotatable bonds is 6. The van der Waals surface area contributed by atoms with Gasteiger partial charge in [-0.25, -0.2) is 13.4 Å². The average Bonchev–Trinajstić information content (AvgIpc) is 2.48. The lowest BCUT2D eigenvalue weighted by Crippen LogP contribution is -2.31. The molecule has 2 N–H and O–H groups in total. The Morgan fingerprint density at radius 1 is 1.29 bits per heavy atom. The van der Waals surface area contributed by atoms with Crippen LogP contribution in [0.1, 0.15) is 13.3 Å². The molecular weight excluding hydrogens is 419 g/mol. The molecule has 0 aliphatic rings. The van der Waals surface area contributed by atoms with Crippen LogP contribution in [0.3, 0.4) is 0 Å². The van der Waals surface area contributed by atoms with E-state index >= 15 is 0 Å². The number of carbonyl (C=O) groups is 2. The topological polar surface area (TPSA) is 105 Å². The highest BCUT2D eigenvalue weighted by molar-refractivity contribution is 9.09. The van der Waals surface area contributed by atoms with Crippen LogP contribution in [-0.2, 0) is 19.4 Å². The molecule has 0 aliphatic carbocycles. The lowest BCUT2D eigenvalue weighted by molar-refractivity contribution is -0.167. The standard InChI is InChI=1S/C12H13BrF3N3O4S/c1-2-24(22,23)7-5-8(18-9(20)3-4-13)10(17-6-7)19-11(21)12(14,15)16/h5-6H,2-4H2,1H3,(H,18,20)(H,17,19,21). The highest BCUT2D eigenvalue weighted by Crippen LogP contribution is 2.26. The van der Waals surface area contributed by atoms with Crippen molar-refractivity contribution in [3.63, 3.8) is 0 Å². The number of pyridine rings is 1. The number of hydrogen-bond donors (Lipinski definition) is 2. The summed E-state index contributed by atoms with van der Waals surface area (Å²) in [6.07, 6.45) is -4.37. The fraction of sp³-hybridized carbons (Fsp3) is 0.417. The van der Waals surface area contributed by atoms with Crippen LogP contribution in [0.4, 0.5) is 24.7 Å². The zero-order valence-electron chi connectivity index (χ0n) is 12.3. The van der Waals surface area contributed by atoms with Gasteiger partial charge in [0.25, 0.3) is 0 Å². The number of alkyl halides is 4. The van der Waals surface area contributed by atoms with Crippen LogP contribution >= 0.6 is 15.9 Å². The maximum absolute atomic E-state index is 12.3. The zero-order chi connectivity index (χ0) is 18.5. The normalized spacial score (nSPS) is 11.9. The number of sulfone groups is 1. The van der Waals surface area contributed by atoms with Gasteiger partial charge in [-0.05, 0) is 6.07 Å². The summed E-state index contributed by atoms with van der Waals surface area (Å²) in [6.45, 7) is 1.37. The molecule has 0 radical (unpaired) electrons. The van der Waals surface area contributed by atoms with Gasteiger partial charge in [0.1, 0.15) is 0 Å². The summed E-state index contributed by atoms with van der Waals surface area (Å²) in [5.41, 5.74) is -0.340. The summed E-state index contributed by atoms with van der Waals surface area (Å²) >= 11 is 3.01. The highest BCUT2D eigenvalue weighted by Gasteiger charge is 2.39. The van der Waals surface area contributed by atoms with Crippen molar-refractivity contribution in [2.24, 2.45) is 0 Å². The van der Waals surface area contributed by atoms with Crippen LogP contribution < -0.4 is 10.6 Å². The Morgan fingerprint density at radius 2 is 1.92 bits per heavy atom. The van der Waals surface area contributed by atoms with Crippen molar-refractivity contribution in [3.8, 4) is 0 Å². The second-order valence-corrected chi connectivity index (χ2v) is 7.48. The van der Waals surface area contributed by atoms with Crippen molar-refractivity contribution in [1.82, 2.24) is 4.98 Å². The van der Waals surface area contributed by atoms with Crippen LogP contribution in [0.5, 0.6) is 0 Å². The van der Waals surface area contributed by atoms with E-state index in [1.54, 1.807) is 0 Å². The molecule has 134 valence electrons. The smallest absolute Gasteiger partial charge is 0.323 e. The van der Waals surface area contributed by atoms with Gasteiger partial charge >= 0.3 is 12.1 Å². The summed E-state index contributed by atoms with van der Waals surface area (Å²) in [5.74, 6) is -3.76. The summed E-state index contributed by atoms with van der Waals surface area (Å²) < 4.78 is 60.7.